The molecular formula is C16H19ClN2O5S. The molecule has 2 saturated heterocycles. The van der Waals surface area contributed by atoms with Gasteiger partial charge in [0.15, 0.2) is 0 Å². The van der Waals surface area contributed by atoms with E-state index in [2.05, 4.69) is 0 Å². The number of carboxylic acid groups (broad SMARTS) is 1. The molecule has 1 aromatic rings. The lowest BCUT2D eigenvalue weighted by Crippen LogP contribution is -2.60. The maximum atomic E-state index is 12.6. The van der Waals surface area contributed by atoms with Gasteiger partial charge in [0.05, 0.1) is 5.92 Å². The highest BCUT2D eigenvalue weighted by molar-refractivity contribution is 7.89. The van der Waals surface area contributed by atoms with Crippen molar-refractivity contribution in [2.75, 3.05) is 26.2 Å². The fourth-order valence-corrected chi connectivity index (χ4v) is 5.23. The molecule has 9 heteroatoms. The molecule has 2 aliphatic heterocycles. The first-order valence-electron chi connectivity index (χ1n) is 8.05. The fourth-order valence-electron chi connectivity index (χ4n) is 3.16. The smallest absolute Gasteiger partial charge is 0.306 e. The van der Waals surface area contributed by atoms with E-state index in [0.717, 1.165) is 0 Å². The van der Waals surface area contributed by atoms with Crippen LogP contribution in [-0.4, -0.2) is 66.0 Å². The number of benzene rings is 1. The summed E-state index contributed by atoms with van der Waals surface area (Å²) in [7, 11) is -3.51. The van der Waals surface area contributed by atoms with Crippen molar-refractivity contribution in [1.82, 2.24) is 9.21 Å². The molecule has 136 valence electrons. The SMILES string of the molecule is O=C(O)C1CCN(S(=O)(=O)C2CN(C(=O)c3cccc(Cl)c3)C2)CC1. The minimum absolute atomic E-state index is 0.145. The van der Waals surface area contributed by atoms with Crippen LogP contribution in [0, 0.1) is 5.92 Å². The molecule has 25 heavy (non-hydrogen) atoms. The zero-order chi connectivity index (χ0) is 18.2. The molecular weight excluding hydrogens is 368 g/mol. The Morgan fingerprint density at radius 2 is 1.80 bits per heavy atom. The van der Waals surface area contributed by atoms with Crippen molar-refractivity contribution in [3.05, 3.63) is 34.9 Å². The summed E-state index contributed by atoms with van der Waals surface area (Å²) in [5, 5.41) is 8.82. The number of nitrogens with zero attached hydrogens (tertiary/aromatic N) is 2. The molecule has 0 radical (unpaired) electrons. The Morgan fingerprint density at radius 3 is 2.36 bits per heavy atom. The summed E-state index contributed by atoms with van der Waals surface area (Å²) in [4.78, 5) is 24.8. The Morgan fingerprint density at radius 1 is 1.16 bits per heavy atom. The van der Waals surface area contributed by atoms with Crippen LogP contribution < -0.4 is 0 Å². The second-order valence-corrected chi connectivity index (χ2v) is 9.05. The number of carboxylic acids is 1. The van der Waals surface area contributed by atoms with Crippen molar-refractivity contribution in [3.8, 4) is 0 Å². The van der Waals surface area contributed by atoms with Crippen LogP contribution in [0.3, 0.4) is 0 Å². The number of amides is 1. The minimum Gasteiger partial charge on any atom is -0.481 e. The van der Waals surface area contributed by atoms with Crippen molar-refractivity contribution in [3.63, 3.8) is 0 Å². The summed E-state index contributed by atoms with van der Waals surface area (Å²) in [5.41, 5.74) is 0.436. The Hall–Kier alpha value is -1.64. The van der Waals surface area contributed by atoms with Crippen LogP contribution in [0.2, 0.25) is 5.02 Å². The van der Waals surface area contributed by atoms with Gasteiger partial charge in [0.1, 0.15) is 5.25 Å². The van der Waals surface area contributed by atoms with Crippen molar-refractivity contribution in [2.24, 2.45) is 5.92 Å². The van der Waals surface area contributed by atoms with E-state index in [1.54, 1.807) is 24.3 Å². The summed E-state index contributed by atoms with van der Waals surface area (Å²) in [6.07, 6.45) is 0.652. The molecule has 7 nitrogen and oxygen atoms in total. The highest BCUT2D eigenvalue weighted by atomic mass is 35.5. The third-order valence-corrected chi connectivity index (χ3v) is 7.25. The van der Waals surface area contributed by atoms with E-state index >= 15 is 0 Å². The second-order valence-electron chi connectivity index (χ2n) is 6.40. The van der Waals surface area contributed by atoms with Crippen LogP contribution in [0.15, 0.2) is 24.3 Å². The summed E-state index contributed by atoms with van der Waals surface area (Å²) < 4.78 is 26.6. The third kappa shape index (κ3) is 3.65. The van der Waals surface area contributed by atoms with Gasteiger partial charge in [-0.3, -0.25) is 9.59 Å². The standard InChI is InChI=1S/C16H19ClN2O5S/c17-13-3-1-2-12(8-13)15(20)18-9-14(10-18)25(23,24)19-6-4-11(5-7-19)16(21)22/h1-3,8,11,14H,4-7,9-10H2,(H,21,22). The van der Waals surface area contributed by atoms with Crippen LogP contribution in [-0.2, 0) is 14.8 Å². The molecule has 3 rings (SSSR count). The van der Waals surface area contributed by atoms with Gasteiger partial charge in [0.25, 0.3) is 5.91 Å². The van der Waals surface area contributed by atoms with E-state index in [9.17, 15) is 18.0 Å². The monoisotopic (exact) mass is 386 g/mol. The van der Waals surface area contributed by atoms with Crippen LogP contribution in [0.25, 0.3) is 0 Å². The van der Waals surface area contributed by atoms with E-state index in [4.69, 9.17) is 16.7 Å². The van der Waals surface area contributed by atoms with Gasteiger partial charge >= 0.3 is 5.97 Å². The molecule has 1 aromatic carbocycles. The highest BCUT2D eigenvalue weighted by Gasteiger charge is 2.44. The first kappa shape index (κ1) is 18.2. The van der Waals surface area contributed by atoms with Gasteiger partial charge < -0.3 is 10.0 Å². The Balaban J connectivity index is 1.58. The molecule has 0 spiro atoms. The molecule has 0 aromatic heterocycles. The average Bonchev–Trinajstić information content (AvgIpc) is 2.53. The molecule has 0 aliphatic carbocycles. The zero-order valence-corrected chi connectivity index (χ0v) is 15.0. The second kappa shape index (κ2) is 6.93. The largest absolute Gasteiger partial charge is 0.481 e. The third-order valence-electron chi connectivity index (χ3n) is 4.79. The first-order chi connectivity index (χ1) is 11.8. The van der Waals surface area contributed by atoms with Gasteiger partial charge in [-0.05, 0) is 31.0 Å². The number of piperidine rings is 1. The maximum absolute atomic E-state index is 12.6. The number of hydrogen-bond acceptors (Lipinski definition) is 4. The molecule has 2 fully saturated rings. The summed E-state index contributed by atoms with van der Waals surface area (Å²) in [6, 6.07) is 6.55. The van der Waals surface area contributed by atoms with E-state index < -0.39 is 27.2 Å². The van der Waals surface area contributed by atoms with E-state index in [-0.39, 0.29) is 32.1 Å². The maximum Gasteiger partial charge on any atom is 0.306 e. The van der Waals surface area contributed by atoms with Gasteiger partial charge in [-0.25, -0.2) is 12.7 Å². The molecule has 0 unspecified atom stereocenters. The minimum atomic E-state index is -3.51. The number of carbonyl (C=O) groups excluding carboxylic acids is 1. The average molecular weight is 387 g/mol. The van der Waals surface area contributed by atoms with Crippen molar-refractivity contribution < 1.29 is 23.1 Å². The molecule has 2 aliphatic rings. The number of hydrogen-bond donors (Lipinski definition) is 1. The number of rotatable bonds is 4. The number of likely N-dealkylation sites (tertiary alicyclic amines) is 1. The van der Waals surface area contributed by atoms with Crippen molar-refractivity contribution >= 4 is 33.5 Å². The van der Waals surface area contributed by atoms with E-state index in [0.29, 0.717) is 23.4 Å². The topological polar surface area (TPSA) is 95.0 Å². The lowest BCUT2D eigenvalue weighted by molar-refractivity contribution is -0.142. The molecule has 0 atom stereocenters. The number of carbonyl (C=O) groups is 2. The lowest BCUT2D eigenvalue weighted by Gasteiger charge is -2.42. The predicted octanol–water partition coefficient (Wildman–Crippen LogP) is 1.29. The summed E-state index contributed by atoms with van der Waals surface area (Å²) >= 11 is 5.88. The predicted molar refractivity (Wildman–Crippen MR) is 92.0 cm³/mol. The zero-order valence-electron chi connectivity index (χ0n) is 13.5. The van der Waals surface area contributed by atoms with Crippen LogP contribution in [0.4, 0.5) is 0 Å². The number of halogens is 1. The molecule has 1 N–H and O–H groups in total. The van der Waals surface area contributed by atoms with Crippen molar-refractivity contribution in [1.29, 1.82) is 0 Å². The normalized spacial score (nSPS) is 20.3. The molecule has 0 bridgehead atoms. The van der Waals surface area contributed by atoms with Crippen LogP contribution >= 0.6 is 11.6 Å². The van der Waals surface area contributed by atoms with E-state index in [1.807, 2.05) is 0 Å². The summed E-state index contributed by atoms with van der Waals surface area (Å²) in [6.45, 7) is 0.731. The van der Waals surface area contributed by atoms with Crippen LogP contribution in [0.5, 0.6) is 0 Å². The van der Waals surface area contributed by atoms with Gasteiger partial charge in [-0.15, -0.1) is 0 Å². The summed E-state index contributed by atoms with van der Waals surface area (Å²) in [5.74, 6) is -1.59. The Kier molecular flexibility index (Phi) is 5.04. The van der Waals surface area contributed by atoms with Gasteiger partial charge in [0.2, 0.25) is 10.0 Å². The fraction of sp³-hybridized carbons (Fsp3) is 0.500. The number of aliphatic carboxylic acids is 1. The van der Waals surface area contributed by atoms with E-state index in [1.165, 1.54) is 9.21 Å². The van der Waals surface area contributed by atoms with Gasteiger partial charge in [0, 0.05) is 36.8 Å². The quantitative estimate of drug-likeness (QED) is 0.841. The Bertz CT molecular complexity index is 783. The number of sulfonamides is 1. The Labute approximate surface area is 151 Å². The van der Waals surface area contributed by atoms with Gasteiger partial charge in [-0.2, -0.15) is 0 Å². The highest BCUT2D eigenvalue weighted by Crippen LogP contribution is 2.27. The van der Waals surface area contributed by atoms with Crippen LogP contribution in [0.1, 0.15) is 23.2 Å². The van der Waals surface area contributed by atoms with Crippen molar-refractivity contribution in [2.45, 2.75) is 18.1 Å². The first-order valence-corrected chi connectivity index (χ1v) is 9.94. The van der Waals surface area contributed by atoms with Gasteiger partial charge in [-0.1, -0.05) is 17.7 Å². The molecule has 1 amide bonds. The lowest BCUT2D eigenvalue weighted by atomic mass is 9.99. The molecule has 0 saturated carbocycles. The molecule has 2 heterocycles.